The molecule has 0 aliphatic heterocycles. The first-order valence-electron chi connectivity index (χ1n) is 13.0. The Morgan fingerprint density at radius 2 is 1.84 bits per heavy atom. The number of rotatable bonds is 5. The number of ketones is 2. The number of hydrogen-bond donors (Lipinski definition) is 2. The molecule has 0 bridgehead atoms. The lowest BCUT2D eigenvalue weighted by Crippen LogP contribution is -2.68. The van der Waals surface area contributed by atoms with Gasteiger partial charge in [-0.05, 0) is 86.4 Å². The van der Waals surface area contributed by atoms with Crippen molar-refractivity contribution in [3.8, 4) is 0 Å². The van der Waals surface area contributed by atoms with Crippen molar-refractivity contribution in [2.24, 2.45) is 46.3 Å². The first kappa shape index (κ1) is 24.1. The Hall–Kier alpha value is -1.00. The largest absolute Gasteiger partial charge is 0.393 e. The van der Waals surface area contributed by atoms with Crippen molar-refractivity contribution in [3.05, 3.63) is 12.2 Å². The second kappa shape index (κ2) is 8.05. The molecule has 0 aromatic heterocycles. The van der Waals surface area contributed by atoms with Gasteiger partial charge in [0.1, 0.15) is 11.4 Å². The van der Waals surface area contributed by atoms with E-state index in [9.17, 15) is 19.8 Å². The molecular weight excluding hydrogens is 400 g/mol. The summed E-state index contributed by atoms with van der Waals surface area (Å²) in [7, 11) is 0. The van der Waals surface area contributed by atoms with E-state index in [-0.39, 0.29) is 35.2 Å². The fraction of sp³-hybridized carbons (Fsp3) is 0.857. The molecule has 4 aliphatic rings. The molecule has 4 fully saturated rings. The Morgan fingerprint density at radius 1 is 1.16 bits per heavy atom. The summed E-state index contributed by atoms with van der Waals surface area (Å²) < 4.78 is 0. The third-order valence-corrected chi connectivity index (χ3v) is 11.2. The molecule has 0 aromatic rings. The summed E-state index contributed by atoms with van der Waals surface area (Å²) in [5, 5.41) is 23.1. The van der Waals surface area contributed by atoms with Crippen LogP contribution in [0.2, 0.25) is 0 Å². The molecule has 4 rings (SSSR count). The second-order valence-electron chi connectivity index (χ2n) is 12.6. The minimum Gasteiger partial charge on any atom is -0.393 e. The Morgan fingerprint density at radius 3 is 2.50 bits per heavy atom. The number of aliphatic hydroxyl groups excluding tert-OH is 1. The van der Waals surface area contributed by atoms with E-state index in [1.807, 2.05) is 6.92 Å². The van der Waals surface area contributed by atoms with Gasteiger partial charge >= 0.3 is 0 Å². The predicted molar refractivity (Wildman–Crippen MR) is 126 cm³/mol. The van der Waals surface area contributed by atoms with E-state index >= 15 is 0 Å². The van der Waals surface area contributed by atoms with E-state index < -0.39 is 17.1 Å². The standard InChI is InChI=1S/C28H44O4/c1-16(2)17(3)7-8-18(4)21-9-10-22-20-13-25(31)28(32)15-19(29)11-12-26(28,5)23(20)14-24(30)27(21,22)6/h17-18,20-24,30,32H,1,7-15H2,2-6H3. The van der Waals surface area contributed by atoms with Gasteiger partial charge in [-0.2, -0.15) is 0 Å². The fourth-order valence-corrected chi connectivity index (χ4v) is 8.72. The van der Waals surface area contributed by atoms with Crippen LogP contribution in [0.5, 0.6) is 0 Å². The van der Waals surface area contributed by atoms with Crippen LogP contribution in [0.25, 0.3) is 0 Å². The summed E-state index contributed by atoms with van der Waals surface area (Å²) in [6, 6.07) is 0. The predicted octanol–water partition coefficient (Wildman–Crippen LogP) is 5.11. The van der Waals surface area contributed by atoms with E-state index in [4.69, 9.17) is 0 Å². The van der Waals surface area contributed by atoms with Crippen molar-refractivity contribution in [1.29, 1.82) is 0 Å². The molecular formula is C28H44O4. The van der Waals surface area contributed by atoms with Crippen molar-refractivity contribution < 1.29 is 19.8 Å². The van der Waals surface area contributed by atoms with Gasteiger partial charge < -0.3 is 10.2 Å². The van der Waals surface area contributed by atoms with Crippen LogP contribution >= 0.6 is 0 Å². The Labute approximate surface area is 194 Å². The molecule has 0 saturated heterocycles. The maximum Gasteiger partial charge on any atom is 0.165 e. The molecule has 4 nitrogen and oxygen atoms in total. The molecule has 4 heteroatoms. The fourth-order valence-electron chi connectivity index (χ4n) is 8.72. The quantitative estimate of drug-likeness (QED) is 0.578. The average Bonchev–Trinajstić information content (AvgIpc) is 3.08. The van der Waals surface area contributed by atoms with Crippen molar-refractivity contribution >= 4 is 11.6 Å². The van der Waals surface area contributed by atoms with Crippen LogP contribution in [0, 0.1) is 46.3 Å². The molecule has 180 valence electrons. The number of hydrogen-bond acceptors (Lipinski definition) is 4. The van der Waals surface area contributed by atoms with Crippen LogP contribution in [0.15, 0.2) is 12.2 Å². The monoisotopic (exact) mass is 444 g/mol. The molecule has 32 heavy (non-hydrogen) atoms. The second-order valence-corrected chi connectivity index (χ2v) is 12.6. The van der Waals surface area contributed by atoms with Crippen molar-refractivity contribution in [2.75, 3.05) is 0 Å². The van der Waals surface area contributed by atoms with Gasteiger partial charge in [0.2, 0.25) is 0 Å². The zero-order valence-electron chi connectivity index (χ0n) is 20.8. The van der Waals surface area contributed by atoms with E-state index in [1.54, 1.807) is 0 Å². The van der Waals surface area contributed by atoms with Crippen molar-refractivity contribution in [3.63, 3.8) is 0 Å². The van der Waals surface area contributed by atoms with Crippen LogP contribution < -0.4 is 0 Å². The van der Waals surface area contributed by atoms with Gasteiger partial charge in [0, 0.05) is 24.7 Å². The van der Waals surface area contributed by atoms with Crippen molar-refractivity contribution in [1.82, 2.24) is 0 Å². The van der Waals surface area contributed by atoms with Crippen molar-refractivity contribution in [2.45, 2.75) is 104 Å². The number of aliphatic hydroxyl groups is 2. The van der Waals surface area contributed by atoms with E-state index in [0.29, 0.717) is 49.4 Å². The molecule has 0 heterocycles. The topological polar surface area (TPSA) is 74.6 Å². The first-order valence-corrected chi connectivity index (χ1v) is 13.0. The number of allylic oxidation sites excluding steroid dienone is 1. The highest BCUT2D eigenvalue weighted by molar-refractivity contribution is 5.96. The third-order valence-electron chi connectivity index (χ3n) is 11.2. The van der Waals surface area contributed by atoms with Gasteiger partial charge in [-0.25, -0.2) is 0 Å². The zero-order valence-corrected chi connectivity index (χ0v) is 20.8. The highest BCUT2D eigenvalue weighted by Crippen LogP contribution is 2.68. The molecule has 10 atom stereocenters. The van der Waals surface area contributed by atoms with Gasteiger partial charge in [-0.1, -0.05) is 39.8 Å². The number of carbonyl (C=O) groups is 2. The SMILES string of the molecule is C=C(C)C(C)CCC(C)C1CCC2C3CC(=O)C4(O)CC(=O)CCC4(C)C3CC(O)C12C. The minimum absolute atomic E-state index is 0.00304. The highest BCUT2D eigenvalue weighted by atomic mass is 16.3. The summed E-state index contributed by atoms with van der Waals surface area (Å²) >= 11 is 0. The first-order chi connectivity index (χ1) is 14.9. The summed E-state index contributed by atoms with van der Waals surface area (Å²) in [6.07, 6.45) is 5.98. The lowest BCUT2D eigenvalue weighted by molar-refractivity contribution is -0.217. The van der Waals surface area contributed by atoms with E-state index in [0.717, 1.165) is 25.7 Å². The maximum absolute atomic E-state index is 13.3. The summed E-state index contributed by atoms with van der Waals surface area (Å²) in [5.74, 6) is 1.99. The lowest BCUT2D eigenvalue weighted by Gasteiger charge is -2.63. The molecule has 0 spiro atoms. The Kier molecular flexibility index (Phi) is 6.07. The molecule has 4 aliphatic carbocycles. The molecule has 0 amide bonds. The van der Waals surface area contributed by atoms with Crippen LogP contribution in [0.1, 0.15) is 92.4 Å². The van der Waals surface area contributed by atoms with Gasteiger partial charge in [-0.15, -0.1) is 0 Å². The van der Waals surface area contributed by atoms with Crippen LogP contribution in [-0.4, -0.2) is 33.5 Å². The van der Waals surface area contributed by atoms with Gasteiger partial charge in [0.25, 0.3) is 0 Å². The van der Waals surface area contributed by atoms with Gasteiger partial charge in [0.05, 0.1) is 6.10 Å². The van der Waals surface area contributed by atoms with E-state index in [2.05, 4.69) is 34.3 Å². The molecule has 10 unspecified atom stereocenters. The molecule has 0 radical (unpaired) electrons. The molecule has 2 N–H and O–H groups in total. The van der Waals surface area contributed by atoms with Crippen LogP contribution in [0.3, 0.4) is 0 Å². The summed E-state index contributed by atoms with van der Waals surface area (Å²) in [6.45, 7) is 15.1. The summed E-state index contributed by atoms with van der Waals surface area (Å²) in [5.41, 5.74) is -1.09. The smallest absolute Gasteiger partial charge is 0.165 e. The zero-order chi connectivity index (χ0) is 23.6. The average molecular weight is 445 g/mol. The molecule has 4 saturated carbocycles. The number of fused-ring (bicyclic) bond motifs is 5. The minimum atomic E-state index is -1.54. The Bertz CT molecular complexity index is 803. The lowest BCUT2D eigenvalue weighted by atomic mass is 9.42. The van der Waals surface area contributed by atoms with Gasteiger partial charge in [-0.3, -0.25) is 9.59 Å². The van der Waals surface area contributed by atoms with E-state index in [1.165, 1.54) is 5.57 Å². The van der Waals surface area contributed by atoms with Crippen LogP contribution in [0.4, 0.5) is 0 Å². The number of Topliss-reactive ketones (excluding diaryl/α,β-unsaturated/α-hetero) is 2. The number of carbonyl (C=O) groups excluding carboxylic acids is 2. The van der Waals surface area contributed by atoms with Crippen LogP contribution in [-0.2, 0) is 9.59 Å². The third kappa shape index (κ3) is 3.30. The highest BCUT2D eigenvalue weighted by Gasteiger charge is 2.69. The normalized spacial score (nSPS) is 47.9. The Balaban J connectivity index is 1.59. The molecule has 0 aromatic carbocycles. The maximum atomic E-state index is 13.3. The van der Waals surface area contributed by atoms with Gasteiger partial charge in [0.15, 0.2) is 5.78 Å². The summed E-state index contributed by atoms with van der Waals surface area (Å²) in [4.78, 5) is 25.5.